The Morgan fingerprint density at radius 3 is 2.29 bits per heavy atom. The highest BCUT2D eigenvalue weighted by Gasteiger charge is 2.22. The molecular weight excluding hydrogens is 221 g/mol. The van der Waals surface area contributed by atoms with E-state index >= 15 is 0 Å². The Hall–Kier alpha value is -1.42. The highest BCUT2D eigenvalue weighted by Crippen LogP contribution is 2.19. The van der Waals surface area contributed by atoms with Crippen LogP contribution in [0.2, 0.25) is 0 Å². The summed E-state index contributed by atoms with van der Waals surface area (Å²) in [7, 11) is 3.21. The number of halogens is 1. The monoisotopic (exact) mass is 239 g/mol. The van der Waals surface area contributed by atoms with Crippen LogP contribution in [0.3, 0.4) is 0 Å². The standard InChI is InChI=1S/C13H18FNO2/c1-9(11-5-7-12(14)8-6-11)15(3)13(16)10(2)17-4/h5-10H,1-4H3. The molecule has 0 aliphatic carbocycles. The van der Waals surface area contributed by atoms with E-state index in [-0.39, 0.29) is 17.8 Å². The van der Waals surface area contributed by atoms with Crippen molar-refractivity contribution in [2.45, 2.75) is 26.0 Å². The summed E-state index contributed by atoms with van der Waals surface area (Å²) < 4.78 is 17.8. The molecule has 94 valence electrons. The van der Waals surface area contributed by atoms with Crippen molar-refractivity contribution in [2.24, 2.45) is 0 Å². The second-order valence-electron chi connectivity index (χ2n) is 4.05. The summed E-state index contributed by atoms with van der Waals surface area (Å²) in [5.41, 5.74) is 0.894. The zero-order valence-corrected chi connectivity index (χ0v) is 10.6. The van der Waals surface area contributed by atoms with Gasteiger partial charge in [-0.05, 0) is 31.5 Å². The zero-order valence-electron chi connectivity index (χ0n) is 10.6. The maximum absolute atomic E-state index is 12.8. The number of hydrogen-bond acceptors (Lipinski definition) is 2. The second kappa shape index (κ2) is 5.77. The number of amides is 1. The summed E-state index contributed by atoms with van der Waals surface area (Å²) in [6.07, 6.45) is -0.470. The van der Waals surface area contributed by atoms with E-state index in [0.717, 1.165) is 5.56 Å². The number of carbonyl (C=O) groups is 1. The molecule has 0 bridgehead atoms. The van der Waals surface area contributed by atoms with Gasteiger partial charge in [0, 0.05) is 14.2 Å². The lowest BCUT2D eigenvalue weighted by Gasteiger charge is -2.27. The number of likely N-dealkylation sites (N-methyl/N-ethyl adjacent to an activating group) is 1. The summed E-state index contributed by atoms with van der Waals surface area (Å²) in [5, 5.41) is 0. The van der Waals surface area contributed by atoms with Crippen molar-refractivity contribution in [1.82, 2.24) is 4.90 Å². The van der Waals surface area contributed by atoms with Crippen molar-refractivity contribution in [1.29, 1.82) is 0 Å². The molecule has 1 aromatic rings. The molecule has 3 nitrogen and oxygen atoms in total. The van der Waals surface area contributed by atoms with Gasteiger partial charge in [0.15, 0.2) is 0 Å². The van der Waals surface area contributed by atoms with Gasteiger partial charge in [0.2, 0.25) is 0 Å². The molecule has 0 radical (unpaired) electrons. The minimum absolute atomic E-state index is 0.0932. The Morgan fingerprint density at radius 2 is 1.82 bits per heavy atom. The highest BCUT2D eigenvalue weighted by atomic mass is 19.1. The Labute approximate surface area is 101 Å². The first kappa shape index (κ1) is 13.6. The fraction of sp³-hybridized carbons (Fsp3) is 0.462. The number of rotatable bonds is 4. The van der Waals surface area contributed by atoms with Gasteiger partial charge in [0.05, 0.1) is 6.04 Å². The lowest BCUT2D eigenvalue weighted by atomic mass is 10.1. The van der Waals surface area contributed by atoms with Gasteiger partial charge in [-0.25, -0.2) is 4.39 Å². The topological polar surface area (TPSA) is 29.5 Å². The van der Waals surface area contributed by atoms with Gasteiger partial charge in [-0.3, -0.25) is 4.79 Å². The Balaban J connectivity index is 2.79. The number of methoxy groups -OCH3 is 1. The summed E-state index contributed by atoms with van der Waals surface area (Å²) in [4.78, 5) is 13.5. The molecule has 4 heteroatoms. The maximum atomic E-state index is 12.8. The lowest BCUT2D eigenvalue weighted by molar-refractivity contribution is -0.141. The third-order valence-corrected chi connectivity index (χ3v) is 2.98. The summed E-state index contributed by atoms with van der Waals surface area (Å²) in [6, 6.07) is 6.04. The minimum atomic E-state index is -0.470. The van der Waals surface area contributed by atoms with E-state index in [1.165, 1.54) is 19.2 Å². The molecule has 17 heavy (non-hydrogen) atoms. The Kier molecular flexibility index (Phi) is 4.63. The molecule has 0 saturated heterocycles. The number of benzene rings is 1. The first-order valence-corrected chi connectivity index (χ1v) is 5.52. The van der Waals surface area contributed by atoms with Gasteiger partial charge >= 0.3 is 0 Å². The third kappa shape index (κ3) is 3.27. The van der Waals surface area contributed by atoms with Crippen LogP contribution in [0.4, 0.5) is 4.39 Å². The summed E-state index contributed by atoms with van der Waals surface area (Å²) in [6.45, 7) is 3.60. The number of ether oxygens (including phenoxy) is 1. The number of hydrogen-bond donors (Lipinski definition) is 0. The molecule has 0 spiro atoms. The fourth-order valence-corrected chi connectivity index (χ4v) is 1.54. The molecule has 1 aromatic carbocycles. The van der Waals surface area contributed by atoms with E-state index in [4.69, 9.17) is 4.74 Å². The van der Waals surface area contributed by atoms with Crippen molar-refractivity contribution >= 4 is 5.91 Å². The molecule has 0 N–H and O–H groups in total. The van der Waals surface area contributed by atoms with Crippen molar-refractivity contribution in [2.75, 3.05) is 14.2 Å². The average Bonchev–Trinajstić information content (AvgIpc) is 2.36. The van der Waals surface area contributed by atoms with Crippen LogP contribution in [0.5, 0.6) is 0 Å². The second-order valence-corrected chi connectivity index (χ2v) is 4.05. The van der Waals surface area contributed by atoms with E-state index in [1.807, 2.05) is 6.92 Å². The first-order valence-electron chi connectivity index (χ1n) is 5.52. The molecule has 0 aromatic heterocycles. The van der Waals surface area contributed by atoms with Crippen molar-refractivity contribution < 1.29 is 13.9 Å². The third-order valence-electron chi connectivity index (χ3n) is 2.98. The molecule has 2 atom stereocenters. The SMILES string of the molecule is COC(C)C(=O)N(C)C(C)c1ccc(F)cc1. The van der Waals surface area contributed by atoms with Crippen molar-refractivity contribution in [3.63, 3.8) is 0 Å². The van der Waals surface area contributed by atoms with Crippen LogP contribution < -0.4 is 0 Å². The van der Waals surface area contributed by atoms with Crippen LogP contribution >= 0.6 is 0 Å². The molecule has 0 fully saturated rings. The average molecular weight is 239 g/mol. The lowest BCUT2D eigenvalue weighted by Crippen LogP contribution is -2.37. The van der Waals surface area contributed by atoms with E-state index < -0.39 is 6.10 Å². The van der Waals surface area contributed by atoms with Crippen LogP contribution in [0.1, 0.15) is 25.5 Å². The van der Waals surface area contributed by atoms with Gasteiger partial charge in [0.25, 0.3) is 5.91 Å². The highest BCUT2D eigenvalue weighted by molar-refractivity contribution is 5.80. The van der Waals surface area contributed by atoms with Crippen molar-refractivity contribution in [3.8, 4) is 0 Å². The smallest absolute Gasteiger partial charge is 0.251 e. The van der Waals surface area contributed by atoms with E-state index in [2.05, 4.69) is 0 Å². The van der Waals surface area contributed by atoms with E-state index in [9.17, 15) is 9.18 Å². The molecule has 1 rings (SSSR count). The normalized spacial score (nSPS) is 14.2. The van der Waals surface area contributed by atoms with Gasteiger partial charge < -0.3 is 9.64 Å². The van der Waals surface area contributed by atoms with Gasteiger partial charge in [-0.2, -0.15) is 0 Å². The number of nitrogens with zero attached hydrogens (tertiary/aromatic N) is 1. The predicted octanol–water partition coefficient (Wildman–Crippen LogP) is 2.38. The minimum Gasteiger partial charge on any atom is -0.372 e. The molecule has 0 aliphatic heterocycles. The molecule has 0 aliphatic rings. The van der Waals surface area contributed by atoms with E-state index in [1.54, 1.807) is 31.0 Å². The molecular formula is C13H18FNO2. The fourth-order valence-electron chi connectivity index (χ4n) is 1.54. The molecule has 0 heterocycles. The predicted molar refractivity (Wildman–Crippen MR) is 64.1 cm³/mol. The number of carbonyl (C=O) groups excluding carboxylic acids is 1. The van der Waals surface area contributed by atoms with E-state index in [0.29, 0.717) is 0 Å². The first-order chi connectivity index (χ1) is 7.97. The molecule has 2 unspecified atom stereocenters. The summed E-state index contributed by atoms with van der Waals surface area (Å²) >= 11 is 0. The van der Waals surface area contributed by atoms with Crippen LogP contribution in [0.15, 0.2) is 24.3 Å². The zero-order chi connectivity index (χ0) is 13.0. The Bertz CT molecular complexity index is 378. The van der Waals surface area contributed by atoms with Crippen LogP contribution in [-0.2, 0) is 9.53 Å². The van der Waals surface area contributed by atoms with Crippen LogP contribution in [0.25, 0.3) is 0 Å². The maximum Gasteiger partial charge on any atom is 0.251 e. The molecule has 0 saturated carbocycles. The van der Waals surface area contributed by atoms with Gasteiger partial charge in [-0.15, -0.1) is 0 Å². The van der Waals surface area contributed by atoms with Crippen molar-refractivity contribution in [3.05, 3.63) is 35.6 Å². The molecule has 1 amide bonds. The Morgan fingerprint density at radius 1 is 1.29 bits per heavy atom. The van der Waals surface area contributed by atoms with Crippen LogP contribution in [0, 0.1) is 5.82 Å². The quantitative estimate of drug-likeness (QED) is 0.807. The largest absolute Gasteiger partial charge is 0.372 e. The summed E-state index contributed by atoms with van der Waals surface area (Å²) in [5.74, 6) is -0.371. The van der Waals surface area contributed by atoms with Gasteiger partial charge in [0.1, 0.15) is 11.9 Å². The van der Waals surface area contributed by atoms with Gasteiger partial charge in [-0.1, -0.05) is 12.1 Å². The van der Waals surface area contributed by atoms with Crippen LogP contribution in [-0.4, -0.2) is 31.1 Å².